The molecule has 2 aliphatic rings. The molecule has 0 aliphatic carbocycles. The number of benzene rings is 2. The van der Waals surface area contributed by atoms with Crippen molar-refractivity contribution in [1.29, 1.82) is 0 Å². The zero-order valence-electron chi connectivity index (χ0n) is 17.7. The number of nitrogens with zero attached hydrogens (tertiary/aromatic N) is 2. The molecule has 0 saturated carbocycles. The number of amides is 2. The van der Waals surface area contributed by atoms with Crippen molar-refractivity contribution >= 4 is 29.1 Å². The molecule has 4 rings (SSSR count). The van der Waals surface area contributed by atoms with E-state index < -0.39 is 0 Å². The SMILES string of the molecule is Cc1cccc(C2=NN(C(=O)C[NH+]3CCC(C(N)=O)CC3)C(c3ccc(Cl)cc3)C2)c1. The van der Waals surface area contributed by atoms with Gasteiger partial charge in [0, 0.05) is 30.2 Å². The Morgan fingerprint density at radius 2 is 1.87 bits per heavy atom. The zero-order valence-corrected chi connectivity index (χ0v) is 18.4. The van der Waals surface area contributed by atoms with Crippen LogP contribution < -0.4 is 10.6 Å². The predicted octanol–water partition coefficient (Wildman–Crippen LogP) is 2.11. The highest BCUT2D eigenvalue weighted by Gasteiger charge is 2.36. The quantitative estimate of drug-likeness (QED) is 0.748. The molecule has 0 radical (unpaired) electrons. The first-order valence-corrected chi connectivity index (χ1v) is 11.1. The molecule has 3 N–H and O–H groups in total. The van der Waals surface area contributed by atoms with E-state index in [1.807, 2.05) is 36.4 Å². The molecular formula is C24H28ClN4O2+. The molecule has 6 nitrogen and oxygen atoms in total. The summed E-state index contributed by atoms with van der Waals surface area (Å²) in [4.78, 5) is 25.9. The summed E-state index contributed by atoms with van der Waals surface area (Å²) in [5, 5.41) is 7.08. The van der Waals surface area contributed by atoms with Crippen LogP contribution in [-0.2, 0) is 9.59 Å². The largest absolute Gasteiger partial charge is 0.369 e. The van der Waals surface area contributed by atoms with Crippen molar-refractivity contribution in [2.24, 2.45) is 16.8 Å². The number of primary amides is 1. The maximum atomic E-state index is 13.3. The molecule has 2 aliphatic heterocycles. The Bertz CT molecular complexity index is 997. The van der Waals surface area contributed by atoms with Crippen molar-refractivity contribution in [3.63, 3.8) is 0 Å². The molecule has 0 spiro atoms. The predicted molar refractivity (Wildman–Crippen MR) is 121 cm³/mol. The number of halogens is 1. The second kappa shape index (κ2) is 9.20. The van der Waals surface area contributed by atoms with Gasteiger partial charge >= 0.3 is 0 Å². The van der Waals surface area contributed by atoms with Crippen LogP contribution in [-0.4, -0.2) is 42.2 Å². The number of likely N-dealkylation sites (tertiary alicyclic amines) is 1. The van der Waals surface area contributed by atoms with Gasteiger partial charge in [-0.2, -0.15) is 5.10 Å². The minimum atomic E-state index is -0.236. The van der Waals surface area contributed by atoms with E-state index in [-0.39, 0.29) is 23.8 Å². The van der Waals surface area contributed by atoms with E-state index >= 15 is 0 Å². The third kappa shape index (κ3) is 4.97. The number of piperidine rings is 1. The van der Waals surface area contributed by atoms with Crippen molar-refractivity contribution in [3.8, 4) is 0 Å². The fraction of sp³-hybridized carbons (Fsp3) is 0.375. The lowest BCUT2D eigenvalue weighted by Gasteiger charge is -2.29. The lowest BCUT2D eigenvalue weighted by Crippen LogP contribution is -3.14. The van der Waals surface area contributed by atoms with Crippen LogP contribution in [0, 0.1) is 12.8 Å². The maximum Gasteiger partial charge on any atom is 0.298 e. The van der Waals surface area contributed by atoms with Gasteiger partial charge in [-0.1, -0.05) is 53.6 Å². The summed E-state index contributed by atoms with van der Waals surface area (Å²) < 4.78 is 0. The third-order valence-corrected chi connectivity index (χ3v) is 6.52. The molecule has 1 fully saturated rings. The number of nitrogens with one attached hydrogen (secondary N) is 1. The fourth-order valence-corrected chi connectivity index (χ4v) is 4.59. The Hall–Kier alpha value is -2.70. The van der Waals surface area contributed by atoms with Gasteiger partial charge in [-0.25, -0.2) is 5.01 Å². The topological polar surface area (TPSA) is 80.2 Å². The Balaban J connectivity index is 1.54. The molecule has 7 heteroatoms. The first kappa shape index (κ1) is 21.5. The average molecular weight is 440 g/mol. The van der Waals surface area contributed by atoms with E-state index in [1.54, 1.807) is 5.01 Å². The van der Waals surface area contributed by atoms with Crippen molar-refractivity contribution in [1.82, 2.24) is 5.01 Å². The summed E-state index contributed by atoms with van der Waals surface area (Å²) in [5.41, 5.74) is 9.58. The van der Waals surface area contributed by atoms with Crippen LogP contribution in [0.15, 0.2) is 53.6 Å². The molecule has 162 valence electrons. The lowest BCUT2D eigenvalue weighted by atomic mass is 9.96. The molecular weight excluding hydrogens is 412 g/mol. The number of hydrazone groups is 1. The minimum Gasteiger partial charge on any atom is -0.369 e. The molecule has 2 amide bonds. The van der Waals surface area contributed by atoms with Gasteiger partial charge in [-0.05, 0) is 30.2 Å². The smallest absolute Gasteiger partial charge is 0.298 e. The molecule has 2 aromatic carbocycles. The molecule has 0 bridgehead atoms. The van der Waals surface area contributed by atoms with E-state index in [9.17, 15) is 9.59 Å². The van der Waals surface area contributed by atoms with Gasteiger partial charge in [0.15, 0.2) is 6.54 Å². The Labute approximate surface area is 187 Å². The zero-order chi connectivity index (χ0) is 22.0. The molecule has 2 aromatic rings. The van der Waals surface area contributed by atoms with Gasteiger partial charge in [0.1, 0.15) is 0 Å². The normalized spacial score (nSPS) is 23.5. The van der Waals surface area contributed by atoms with Crippen molar-refractivity contribution in [3.05, 3.63) is 70.2 Å². The monoisotopic (exact) mass is 439 g/mol. The highest BCUT2D eigenvalue weighted by Crippen LogP contribution is 2.33. The van der Waals surface area contributed by atoms with Crippen LogP contribution in [0.4, 0.5) is 0 Å². The highest BCUT2D eigenvalue weighted by molar-refractivity contribution is 6.30. The molecule has 2 heterocycles. The number of carbonyl (C=O) groups excluding carboxylic acids is 2. The molecule has 1 atom stereocenters. The number of quaternary nitrogens is 1. The van der Waals surface area contributed by atoms with E-state index in [2.05, 4.69) is 19.1 Å². The molecule has 31 heavy (non-hydrogen) atoms. The van der Waals surface area contributed by atoms with E-state index in [1.165, 1.54) is 4.90 Å². The van der Waals surface area contributed by atoms with Crippen LogP contribution in [0.3, 0.4) is 0 Å². The van der Waals surface area contributed by atoms with E-state index in [0.29, 0.717) is 18.0 Å². The number of rotatable bonds is 5. The maximum absolute atomic E-state index is 13.3. The van der Waals surface area contributed by atoms with Gasteiger partial charge in [0.2, 0.25) is 5.91 Å². The van der Waals surface area contributed by atoms with E-state index in [4.69, 9.17) is 22.4 Å². The van der Waals surface area contributed by atoms with Crippen molar-refractivity contribution in [2.75, 3.05) is 19.6 Å². The van der Waals surface area contributed by atoms with Gasteiger partial charge in [-0.3, -0.25) is 9.59 Å². The molecule has 1 saturated heterocycles. The van der Waals surface area contributed by atoms with Gasteiger partial charge in [0.25, 0.3) is 5.91 Å². The third-order valence-electron chi connectivity index (χ3n) is 6.27. The standard InChI is InChI=1S/C24H27ClN4O2/c1-16-3-2-4-19(13-16)21-14-22(17-5-7-20(25)8-6-17)29(27-21)23(30)15-28-11-9-18(10-12-28)24(26)31/h2-8,13,18,22H,9-12,14-15H2,1H3,(H2,26,31)/p+1. The summed E-state index contributed by atoms with van der Waals surface area (Å²) >= 11 is 6.08. The Morgan fingerprint density at radius 3 is 2.52 bits per heavy atom. The second-order valence-electron chi connectivity index (χ2n) is 8.53. The number of hydrogen-bond donors (Lipinski definition) is 2. The summed E-state index contributed by atoms with van der Waals surface area (Å²) in [6.07, 6.45) is 2.13. The van der Waals surface area contributed by atoms with Crippen LogP contribution >= 0.6 is 11.6 Å². The highest BCUT2D eigenvalue weighted by atomic mass is 35.5. The first-order valence-electron chi connectivity index (χ1n) is 10.8. The summed E-state index contributed by atoms with van der Waals surface area (Å²) in [7, 11) is 0. The number of hydrogen-bond acceptors (Lipinski definition) is 3. The van der Waals surface area contributed by atoms with E-state index in [0.717, 1.165) is 48.3 Å². The van der Waals surface area contributed by atoms with Crippen molar-refractivity contribution < 1.29 is 14.5 Å². The van der Waals surface area contributed by atoms with Gasteiger partial charge < -0.3 is 10.6 Å². The van der Waals surface area contributed by atoms with Gasteiger partial charge in [0.05, 0.1) is 24.8 Å². The summed E-state index contributed by atoms with van der Waals surface area (Å²) in [6, 6.07) is 15.7. The van der Waals surface area contributed by atoms with Crippen LogP contribution in [0.5, 0.6) is 0 Å². The fourth-order valence-electron chi connectivity index (χ4n) is 4.47. The molecule has 0 aromatic heterocycles. The molecule has 1 unspecified atom stereocenters. The van der Waals surface area contributed by atoms with Crippen LogP contribution in [0.1, 0.15) is 42.0 Å². The summed E-state index contributed by atoms with van der Waals surface area (Å²) in [6.45, 7) is 3.96. The minimum absolute atomic E-state index is 0.00451. The number of nitrogens with two attached hydrogens (primary N) is 1. The first-order chi connectivity index (χ1) is 14.9. The average Bonchev–Trinajstić information content (AvgIpc) is 3.20. The van der Waals surface area contributed by atoms with Crippen LogP contribution in [0.2, 0.25) is 5.02 Å². The summed E-state index contributed by atoms with van der Waals surface area (Å²) in [5.74, 6) is -0.311. The Morgan fingerprint density at radius 1 is 1.16 bits per heavy atom. The van der Waals surface area contributed by atoms with Crippen molar-refractivity contribution in [2.45, 2.75) is 32.2 Å². The van der Waals surface area contributed by atoms with Gasteiger partial charge in [-0.15, -0.1) is 0 Å². The second-order valence-corrected chi connectivity index (χ2v) is 8.97. The lowest BCUT2D eigenvalue weighted by molar-refractivity contribution is -0.898. The van der Waals surface area contributed by atoms with Crippen LogP contribution in [0.25, 0.3) is 0 Å². The number of carbonyl (C=O) groups is 2. The Kier molecular flexibility index (Phi) is 6.39. The number of aryl methyl sites for hydroxylation is 1.